The minimum atomic E-state index is -2.73. The average molecular weight is 287 g/mol. The van der Waals surface area contributed by atoms with E-state index in [0.717, 1.165) is 11.9 Å². The first-order valence-corrected chi connectivity index (χ1v) is 6.90. The number of nitrogens with two attached hydrogens (primary N) is 1. The van der Waals surface area contributed by atoms with Crippen molar-refractivity contribution in [3.8, 4) is 0 Å². The van der Waals surface area contributed by atoms with Gasteiger partial charge in [-0.2, -0.15) is 0 Å². The Morgan fingerprint density at radius 2 is 2.37 bits per heavy atom. The van der Waals surface area contributed by atoms with Gasteiger partial charge in [-0.15, -0.1) is 0 Å². The summed E-state index contributed by atoms with van der Waals surface area (Å²) in [5.41, 5.74) is 0.529. The number of amides is 1. The van der Waals surface area contributed by atoms with E-state index >= 15 is 0 Å². The Bertz CT molecular complexity index is 470. The number of hydrogen-bond donors (Lipinski definition) is 2. The molecule has 7 heteroatoms. The van der Waals surface area contributed by atoms with E-state index in [9.17, 15) is 13.6 Å². The molecule has 0 unspecified atom stereocenters. The van der Waals surface area contributed by atoms with Gasteiger partial charge in [0.2, 0.25) is 11.8 Å². The molecule has 0 spiro atoms. The second-order valence-electron chi connectivity index (χ2n) is 4.64. The molecule has 1 aromatic heterocycles. The molecule has 0 aliphatic heterocycles. The summed E-state index contributed by atoms with van der Waals surface area (Å²) in [6.45, 7) is 0. The lowest BCUT2D eigenvalue weighted by Gasteiger charge is -2.27. The number of pyridine rings is 1. The lowest BCUT2D eigenvalue weighted by molar-refractivity contribution is -0.127. The van der Waals surface area contributed by atoms with E-state index in [1.165, 1.54) is 6.20 Å². The van der Waals surface area contributed by atoms with Crippen molar-refractivity contribution < 1.29 is 13.6 Å². The van der Waals surface area contributed by atoms with Crippen LogP contribution in [0.1, 0.15) is 25.7 Å². The van der Waals surface area contributed by atoms with Crippen molar-refractivity contribution in [2.45, 2.75) is 36.6 Å². The molecule has 1 aliphatic carbocycles. The van der Waals surface area contributed by atoms with Crippen molar-refractivity contribution in [2.24, 2.45) is 11.1 Å². The second-order valence-corrected chi connectivity index (χ2v) is 5.29. The minimum Gasteiger partial charge on any atom is -0.326 e. The van der Waals surface area contributed by atoms with Crippen LogP contribution in [-0.2, 0) is 4.79 Å². The van der Waals surface area contributed by atoms with Crippen LogP contribution >= 0.6 is 11.9 Å². The van der Waals surface area contributed by atoms with Crippen LogP contribution in [0.25, 0.3) is 0 Å². The molecule has 1 aliphatic rings. The van der Waals surface area contributed by atoms with Crippen molar-refractivity contribution in [1.29, 1.82) is 0 Å². The predicted octanol–water partition coefficient (Wildman–Crippen LogP) is 2.81. The highest BCUT2D eigenvalue weighted by Crippen LogP contribution is 2.37. The van der Waals surface area contributed by atoms with Gasteiger partial charge in [0.25, 0.3) is 0 Å². The first-order valence-electron chi connectivity index (χ1n) is 6.02. The lowest BCUT2D eigenvalue weighted by Crippen LogP contribution is -2.33. The van der Waals surface area contributed by atoms with Gasteiger partial charge in [-0.25, -0.2) is 13.8 Å². The smallest absolute Gasteiger partial charge is 0.248 e. The van der Waals surface area contributed by atoms with E-state index < -0.39 is 11.8 Å². The Labute approximate surface area is 114 Å². The molecule has 0 bridgehead atoms. The molecule has 1 heterocycles. The fraction of sp³-hybridized carbons (Fsp3) is 0.500. The molecule has 2 rings (SSSR count). The van der Waals surface area contributed by atoms with Crippen LogP contribution in [0, 0.1) is 5.92 Å². The van der Waals surface area contributed by atoms with E-state index in [0.29, 0.717) is 23.6 Å². The van der Waals surface area contributed by atoms with Gasteiger partial charge >= 0.3 is 0 Å². The number of nitrogens with zero attached hydrogens (tertiary/aromatic N) is 1. The standard InChI is InChI=1S/C12H15F2N3OS/c13-12(14)4-1-2-8(7-12)11(18)17-9-3-5-16-10(6-9)19-15/h3,5-6,8H,1-2,4,7,15H2,(H,16,17,18)/t8-/m0/s1. The zero-order chi connectivity index (χ0) is 13.9. The Morgan fingerprint density at radius 1 is 1.58 bits per heavy atom. The molecular weight excluding hydrogens is 272 g/mol. The molecule has 4 nitrogen and oxygen atoms in total. The van der Waals surface area contributed by atoms with Crippen molar-refractivity contribution >= 4 is 23.5 Å². The number of anilines is 1. The Morgan fingerprint density at radius 3 is 3.05 bits per heavy atom. The Hall–Kier alpha value is -1.21. The van der Waals surface area contributed by atoms with Crippen molar-refractivity contribution in [1.82, 2.24) is 4.98 Å². The average Bonchev–Trinajstić information content (AvgIpc) is 2.37. The SMILES string of the molecule is NSc1cc(NC(=O)[C@H]2CCCC(F)(F)C2)ccn1. The summed E-state index contributed by atoms with van der Waals surface area (Å²) in [6, 6.07) is 3.22. The maximum Gasteiger partial charge on any atom is 0.248 e. The fourth-order valence-corrected chi connectivity index (χ4v) is 2.51. The molecule has 104 valence electrons. The molecule has 1 atom stereocenters. The minimum absolute atomic E-state index is 0.125. The molecular formula is C12H15F2N3OS. The van der Waals surface area contributed by atoms with Crippen LogP contribution in [0.2, 0.25) is 0 Å². The second kappa shape index (κ2) is 5.83. The van der Waals surface area contributed by atoms with E-state index in [1.54, 1.807) is 12.1 Å². The number of halogens is 2. The quantitative estimate of drug-likeness (QED) is 0.839. The van der Waals surface area contributed by atoms with Crippen molar-refractivity contribution in [3.05, 3.63) is 18.3 Å². The van der Waals surface area contributed by atoms with Crippen LogP contribution in [0.15, 0.2) is 23.4 Å². The highest BCUT2D eigenvalue weighted by molar-refractivity contribution is 7.97. The number of aromatic nitrogens is 1. The van der Waals surface area contributed by atoms with E-state index in [2.05, 4.69) is 10.3 Å². The highest BCUT2D eigenvalue weighted by Gasteiger charge is 2.39. The molecule has 0 aromatic carbocycles. The van der Waals surface area contributed by atoms with Crippen molar-refractivity contribution in [3.63, 3.8) is 0 Å². The monoisotopic (exact) mass is 287 g/mol. The summed E-state index contributed by atoms with van der Waals surface area (Å²) in [5.74, 6) is -3.72. The molecule has 1 saturated carbocycles. The van der Waals surface area contributed by atoms with Gasteiger partial charge in [-0.05, 0) is 36.9 Å². The number of rotatable bonds is 3. The first kappa shape index (κ1) is 14.2. The van der Waals surface area contributed by atoms with Gasteiger partial charge in [0.15, 0.2) is 0 Å². The summed E-state index contributed by atoms with van der Waals surface area (Å²) in [5, 5.41) is 8.57. The first-order chi connectivity index (χ1) is 9.00. The highest BCUT2D eigenvalue weighted by atomic mass is 32.2. The fourth-order valence-electron chi connectivity index (χ4n) is 2.19. The molecule has 3 N–H and O–H groups in total. The van der Waals surface area contributed by atoms with Crippen LogP contribution in [0.5, 0.6) is 0 Å². The zero-order valence-electron chi connectivity index (χ0n) is 10.2. The van der Waals surface area contributed by atoms with Crippen LogP contribution in [0.3, 0.4) is 0 Å². The van der Waals surface area contributed by atoms with E-state index in [1.807, 2.05) is 0 Å². The van der Waals surface area contributed by atoms with Gasteiger partial charge in [-0.1, -0.05) is 0 Å². The van der Waals surface area contributed by atoms with Gasteiger partial charge in [-0.3, -0.25) is 9.93 Å². The summed E-state index contributed by atoms with van der Waals surface area (Å²) in [6.07, 6.45) is 1.90. The Balaban J connectivity index is 2.00. The number of nitrogens with one attached hydrogen (secondary N) is 1. The number of carbonyl (C=O) groups is 1. The van der Waals surface area contributed by atoms with E-state index in [-0.39, 0.29) is 18.7 Å². The van der Waals surface area contributed by atoms with Crippen LogP contribution in [0.4, 0.5) is 14.5 Å². The molecule has 0 saturated heterocycles. The molecule has 1 amide bonds. The third-order valence-electron chi connectivity index (χ3n) is 3.13. The topological polar surface area (TPSA) is 68.0 Å². The number of carbonyl (C=O) groups excluding carboxylic acids is 1. The third-order valence-corrected chi connectivity index (χ3v) is 3.60. The number of hydrogen-bond acceptors (Lipinski definition) is 4. The Kier molecular flexibility index (Phi) is 4.36. The summed E-state index contributed by atoms with van der Waals surface area (Å²) in [4.78, 5) is 15.9. The van der Waals surface area contributed by atoms with Gasteiger partial charge in [0.1, 0.15) is 5.03 Å². The number of alkyl halides is 2. The van der Waals surface area contributed by atoms with Gasteiger partial charge in [0, 0.05) is 30.6 Å². The van der Waals surface area contributed by atoms with E-state index in [4.69, 9.17) is 5.14 Å². The maximum atomic E-state index is 13.3. The summed E-state index contributed by atoms with van der Waals surface area (Å²) < 4.78 is 26.5. The molecule has 19 heavy (non-hydrogen) atoms. The summed E-state index contributed by atoms with van der Waals surface area (Å²) in [7, 11) is 0. The lowest BCUT2D eigenvalue weighted by atomic mass is 9.86. The zero-order valence-corrected chi connectivity index (χ0v) is 11.1. The largest absolute Gasteiger partial charge is 0.326 e. The molecule has 0 radical (unpaired) electrons. The maximum absolute atomic E-state index is 13.3. The normalized spacial score (nSPS) is 21.9. The predicted molar refractivity (Wildman–Crippen MR) is 69.8 cm³/mol. The van der Waals surface area contributed by atoms with Crippen LogP contribution < -0.4 is 10.5 Å². The molecule has 1 aromatic rings. The third kappa shape index (κ3) is 3.87. The van der Waals surface area contributed by atoms with Gasteiger partial charge in [0.05, 0.1) is 0 Å². The van der Waals surface area contributed by atoms with Gasteiger partial charge < -0.3 is 5.32 Å². The van der Waals surface area contributed by atoms with Crippen molar-refractivity contribution in [2.75, 3.05) is 5.32 Å². The summed E-state index contributed by atoms with van der Waals surface area (Å²) >= 11 is 0.963. The van der Waals surface area contributed by atoms with Crippen LogP contribution in [-0.4, -0.2) is 16.8 Å². The molecule has 1 fully saturated rings.